The molecule has 0 spiro atoms. The zero-order valence-electron chi connectivity index (χ0n) is 7.13. The van der Waals surface area contributed by atoms with E-state index in [-0.39, 0.29) is 5.41 Å². The van der Waals surface area contributed by atoms with Crippen LogP contribution in [0.3, 0.4) is 0 Å². The van der Waals surface area contributed by atoms with Crippen LogP contribution in [0.25, 0.3) is 0 Å². The first-order chi connectivity index (χ1) is 4.45. The lowest BCUT2D eigenvalue weighted by Gasteiger charge is -2.11. The SMILES string of the molecule is C=NN(C)N=CC(C)(C)C. The molecule has 0 aliphatic rings. The molecule has 58 valence electrons. The smallest absolute Gasteiger partial charge is 0.0495 e. The molecule has 0 radical (unpaired) electrons. The molecule has 0 aliphatic carbocycles. The quantitative estimate of drug-likeness (QED) is 0.423. The van der Waals surface area contributed by atoms with Crippen molar-refractivity contribution in [1.29, 1.82) is 0 Å². The lowest BCUT2D eigenvalue weighted by molar-refractivity contribution is 0.376. The minimum Gasteiger partial charge on any atom is -0.189 e. The molecule has 0 rings (SSSR count). The van der Waals surface area contributed by atoms with Crippen LogP contribution in [-0.2, 0) is 0 Å². The zero-order valence-corrected chi connectivity index (χ0v) is 7.13. The van der Waals surface area contributed by atoms with E-state index in [9.17, 15) is 0 Å². The van der Waals surface area contributed by atoms with Crippen molar-refractivity contribution in [3.63, 3.8) is 0 Å². The zero-order chi connectivity index (χ0) is 8.20. The predicted octanol–water partition coefficient (Wildman–Crippen LogP) is 1.57. The second-order valence-corrected chi connectivity index (χ2v) is 3.24. The molecule has 0 amide bonds. The van der Waals surface area contributed by atoms with Crippen LogP contribution in [0.1, 0.15) is 20.8 Å². The van der Waals surface area contributed by atoms with Gasteiger partial charge in [-0.15, -0.1) is 0 Å². The first-order valence-electron chi connectivity index (χ1n) is 3.21. The maximum absolute atomic E-state index is 3.99. The molecule has 0 aliphatic heterocycles. The molecule has 0 aromatic rings. The standard InChI is InChI=1S/C7H15N3/c1-7(2,3)6-9-10(5)8-4/h6H,4H2,1-3,5H3. The van der Waals surface area contributed by atoms with Gasteiger partial charge in [-0.3, -0.25) is 0 Å². The summed E-state index contributed by atoms with van der Waals surface area (Å²) >= 11 is 0. The van der Waals surface area contributed by atoms with Gasteiger partial charge in [-0.25, -0.2) is 0 Å². The van der Waals surface area contributed by atoms with Crippen molar-refractivity contribution in [2.45, 2.75) is 20.8 Å². The topological polar surface area (TPSA) is 28.0 Å². The average molecular weight is 141 g/mol. The molecule has 0 unspecified atom stereocenters. The fraction of sp³-hybridized carbons (Fsp3) is 0.714. The van der Waals surface area contributed by atoms with Crippen molar-refractivity contribution in [3.05, 3.63) is 0 Å². The Labute approximate surface area is 62.4 Å². The molecule has 10 heavy (non-hydrogen) atoms. The van der Waals surface area contributed by atoms with Gasteiger partial charge in [-0.05, 0) is 5.41 Å². The summed E-state index contributed by atoms with van der Waals surface area (Å²) in [6.07, 6.45) is 1.84. The van der Waals surface area contributed by atoms with Gasteiger partial charge in [0.05, 0.1) is 0 Å². The van der Waals surface area contributed by atoms with Crippen LogP contribution in [-0.4, -0.2) is 25.1 Å². The molecule has 0 saturated heterocycles. The van der Waals surface area contributed by atoms with E-state index in [0.717, 1.165) is 0 Å². The van der Waals surface area contributed by atoms with E-state index in [4.69, 9.17) is 0 Å². The van der Waals surface area contributed by atoms with E-state index in [2.05, 4.69) is 37.7 Å². The summed E-state index contributed by atoms with van der Waals surface area (Å²) in [5.41, 5.74) is 0.110. The Balaban J connectivity index is 3.87. The van der Waals surface area contributed by atoms with Crippen LogP contribution in [0.15, 0.2) is 10.2 Å². The highest BCUT2D eigenvalue weighted by Gasteiger charge is 2.04. The molecule has 3 nitrogen and oxygen atoms in total. The molecule has 0 fully saturated rings. The normalized spacial score (nSPS) is 12.0. The van der Waals surface area contributed by atoms with E-state index < -0.39 is 0 Å². The van der Waals surface area contributed by atoms with Crippen molar-refractivity contribution < 1.29 is 0 Å². The lowest BCUT2D eigenvalue weighted by atomic mass is 9.99. The van der Waals surface area contributed by atoms with Gasteiger partial charge in [0, 0.05) is 20.0 Å². The third-order valence-electron chi connectivity index (χ3n) is 0.817. The van der Waals surface area contributed by atoms with Gasteiger partial charge >= 0.3 is 0 Å². The number of hydrogen-bond donors (Lipinski definition) is 0. The molecule has 0 aromatic heterocycles. The summed E-state index contributed by atoms with van der Waals surface area (Å²) in [7, 11) is 1.75. The summed E-state index contributed by atoms with van der Waals surface area (Å²) in [6.45, 7) is 9.55. The Kier molecular flexibility index (Phi) is 3.06. The first kappa shape index (κ1) is 9.14. The third-order valence-corrected chi connectivity index (χ3v) is 0.817. The fourth-order valence-electron chi connectivity index (χ4n) is 0.293. The Bertz CT molecular complexity index is 132. The van der Waals surface area contributed by atoms with Crippen LogP contribution in [0.2, 0.25) is 0 Å². The Morgan fingerprint density at radius 1 is 1.40 bits per heavy atom. The predicted molar refractivity (Wildman–Crippen MR) is 45.3 cm³/mol. The van der Waals surface area contributed by atoms with Crippen molar-refractivity contribution in [3.8, 4) is 0 Å². The van der Waals surface area contributed by atoms with Crippen LogP contribution in [0, 0.1) is 5.41 Å². The van der Waals surface area contributed by atoms with Crippen molar-refractivity contribution >= 4 is 12.9 Å². The highest BCUT2D eigenvalue weighted by Crippen LogP contribution is 2.08. The van der Waals surface area contributed by atoms with Gasteiger partial charge in [-0.1, -0.05) is 20.8 Å². The van der Waals surface area contributed by atoms with Crippen molar-refractivity contribution in [2.75, 3.05) is 7.05 Å². The Morgan fingerprint density at radius 2 is 1.90 bits per heavy atom. The van der Waals surface area contributed by atoms with Gasteiger partial charge in [0.25, 0.3) is 0 Å². The number of hydrazone groups is 2. The van der Waals surface area contributed by atoms with Crippen molar-refractivity contribution in [1.82, 2.24) is 5.12 Å². The Morgan fingerprint density at radius 3 is 2.20 bits per heavy atom. The van der Waals surface area contributed by atoms with Crippen molar-refractivity contribution in [2.24, 2.45) is 15.6 Å². The number of nitrogens with zero attached hydrogens (tertiary/aromatic N) is 3. The summed E-state index contributed by atoms with van der Waals surface area (Å²) < 4.78 is 0. The second kappa shape index (κ2) is 3.34. The molecule has 0 bridgehead atoms. The second-order valence-electron chi connectivity index (χ2n) is 3.24. The molecule has 0 saturated carbocycles. The summed E-state index contributed by atoms with van der Waals surface area (Å²) in [5, 5.41) is 9.01. The fourth-order valence-corrected chi connectivity index (χ4v) is 0.293. The van der Waals surface area contributed by atoms with E-state index in [0.29, 0.717) is 0 Å². The lowest BCUT2D eigenvalue weighted by Crippen LogP contribution is -2.10. The molecular weight excluding hydrogens is 126 g/mol. The minimum absolute atomic E-state index is 0.110. The van der Waals surface area contributed by atoms with Gasteiger partial charge < -0.3 is 0 Å². The van der Waals surface area contributed by atoms with Crippen LogP contribution in [0.4, 0.5) is 0 Å². The summed E-state index contributed by atoms with van der Waals surface area (Å²) in [6, 6.07) is 0. The molecule has 0 heterocycles. The molecule has 0 N–H and O–H groups in total. The molecule has 0 atom stereocenters. The van der Waals surface area contributed by atoms with Gasteiger partial charge in [0.2, 0.25) is 0 Å². The highest BCUT2D eigenvalue weighted by atomic mass is 15.6. The van der Waals surface area contributed by atoms with Crippen LogP contribution in [0.5, 0.6) is 0 Å². The number of hydrogen-bond acceptors (Lipinski definition) is 3. The van der Waals surface area contributed by atoms with E-state index in [1.165, 1.54) is 5.12 Å². The van der Waals surface area contributed by atoms with E-state index >= 15 is 0 Å². The first-order valence-corrected chi connectivity index (χ1v) is 3.21. The largest absolute Gasteiger partial charge is 0.189 e. The van der Waals surface area contributed by atoms with Gasteiger partial charge in [-0.2, -0.15) is 15.3 Å². The monoisotopic (exact) mass is 141 g/mol. The maximum atomic E-state index is 3.99. The van der Waals surface area contributed by atoms with E-state index in [1.807, 2.05) is 6.21 Å². The number of rotatable bonds is 2. The van der Waals surface area contributed by atoms with Gasteiger partial charge in [0.1, 0.15) is 0 Å². The van der Waals surface area contributed by atoms with Crippen LogP contribution < -0.4 is 0 Å². The molecule has 3 heteroatoms. The average Bonchev–Trinajstić information content (AvgIpc) is 1.81. The minimum atomic E-state index is 0.110. The van der Waals surface area contributed by atoms with E-state index in [1.54, 1.807) is 7.05 Å². The van der Waals surface area contributed by atoms with Gasteiger partial charge in [0.15, 0.2) is 0 Å². The summed E-state index contributed by atoms with van der Waals surface area (Å²) in [5.74, 6) is 0. The van der Waals surface area contributed by atoms with Crippen LogP contribution >= 0.6 is 0 Å². The molecule has 0 aromatic carbocycles. The summed E-state index contributed by atoms with van der Waals surface area (Å²) in [4.78, 5) is 0. The third kappa shape index (κ3) is 5.28. The molecular formula is C7H15N3. The Hall–Kier alpha value is -0.860. The highest BCUT2D eigenvalue weighted by molar-refractivity contribution is 5.63. The maximum Gasteiger partial charge on any atom is 0.0495 e.